The van der Waals surface area contributed by atoms with Crippen molar-refractivity contribution in [2.75, 3.05) is 13.2 Å². The standard InChI is InChI=1S/C46H37N3O15S/c50-25-13-16-32-37(20-25)63-38-21-26(51)14-17-33(38)41(32)31-15-12-24(19-34(31)44(55)56)42(53)47-18-6-5-11-36(45(57)64-49-40(52)22-39(43(49)54)65(59,60)61)48-46(58)62-23-35-29-9-3-1-7-27(29)28-8-2-4-10-30(28)35/h1-4,7-10,12-17,19-21,35-36,39,50H,5-6,11,18,22-23H2,(H,47,53)(H,48,58)(H,55,56)(H,59,60,61)/t36-,39?/m0/s1. The van der Waals surface area contributed by atoms with Crippen molar-refractivity contribution >= 4 is 56.8 Å². The van der Waals surface area contributed by atoms with Crippen molar-refractivity contribution in [1.82, 2.24) is 15.7 Å². The number of nitrogens with zero attached hydrogens (tertiary/aromatic N) is 1. The predicted octanol–water partition coefficient (Wildman–Crippen LogP) is 5.25. The number of phenols is 1. The summed E-state index contributed by atoms with van der Waals surface area (Å²) in [4.78, 5) is 94.9. The summed E-state index contributed by atoms with van der Waals surface area (Å²) in [5.41, 5.74) is 4.37. The summed E-state index contributed by atoms with van der Waals surface area (Å²) >= 11 is 0. The van der Waals surface area contributed by atoms with Gasteiger partial charge in [-0.1, -0.05) is 54.6 Å². The molecule has 0 aromatic heterocycles. The van der Waals surface area contributed by atoms with Gasteiger partial charge in [-0.3, -0.25) is 23.7 Å². The van der Waals surface area contributed by atoms with Gasteiger partial charge in [0.15, 0.2) is 10.7 Å². The molecule has 1 saturated heterocycles. The molecule has 0 radical (unpaired) electrons. The Labute approximate surface area is 368 Å². The number of alkyl carbamates (subject to hydrolysis) is 1. The van der Waals surface area contributed by atoms with Gasteiger partial charge in [0.2, 0.25) is 0 Å². The first kappa shape index (κ1) is 43.7. The second kappa shape index (κ2) is 17.7. The first-order valence-electron chi connectivity index (χ1n) is 20.1. The number of aromatic carboxylic acids is 1. The van der Waals surface area contributed by atoms with Gasteiger partial charge >= 0.3 is 18.0 Å². The lowest BCUT2D eigenvalue weighted by Gasteiger charge is -2.21. The van der Waals surface area contributed by atoms with Gasteiger partial charge in [0.1, 0.15) is 29.7 Å². The van der Waals surface area contributed by atoms with E-state index in [9.17, 15) is 56.7 Å². The Hall–Kier alpha value is -7.90. The number of hydrogen-bond donors (Lipinski definition) is 5. The number of ether oxygens (including phenoxy) is 1. The molecule has 4 amide bonds. The number of aromatic hydroxyl groups is 1. The van der Waals surface area contributed by atoms with Gasteiger partial charge < -0.3 is 34.8 Å². The van der Waals surface area contributed by atoms with Crippen LogP contribution in [0.5, 0.6) is 5.75 Å². The highest BCUT2D eigenvalue weighted by molar-refractivity contribution is 7.87. The normalized spacial score (nSPS) is 15.1. The molecule has 19 heteroatoms. The van der Waals surface area contributed by atoms with E-state index < -0.39 is 63.6 Å². The van der Waals surface area contributed by atoms with Crippen LogP contribution in [0.3, 0.4) is 0 Å². The van der Waals surface area contributed by atoms with Crippen molar-refractivity contribution in [2.45, 2.75) is 42.9 Å². The average Bonchev–Trinajstić information content (AvgIpc) is 3.75. The minimum atomic E-state index is -5.02. The molecule has 0 bridgehead atoms. The summed E-state index contributed by atoms with van der Waals surface area (Å²) in [6, 6.07) is 26.0. The molecule has 18 nitrogen and oxygen atoms in total. The van der Waals surface area contributed by atoms with Crippen LogP contribution < -0.4 is 16.1 Å². The third-order valence-electron chi connectivity index (χ3n) is 11.2. The first-order chi connectivity index (χ1) is 31.1. The maximum Gasteiger partial charge on any atom is 0.407 e. The van der Waals surface area contributed by atoms with E-state index in [1.165, 1.54) is 48.5 Å². The molecule has 0 saturated carbocycles. The van der Waals surface area contributed by atoms with Crippen molar-refractivity contribution in [3.63, 3.8) is 0 Å². The highest BCUT2D eigenvalue weighted by atomic mass is 32.2. The molecule has 1 unspecified atom stereocenters. The Morgan fingerprint density at radius 1 is 0.831 bits per heavy atom. The van der Waals surface area contributed by atoms with E-state index >= 15 is 0 Å². The second-order valence-electron chi connectivity index (χ2n) is 15.3. The summed E-state index contributed by atoms with van der Waals surface area (Å²) in [5.74, 6) is -6.34. The van der Waals surface area contributed by atoms with E-state index in [0.717, 1.165) is 22.3 Å². The fourth-order valence-electron chi connectivity index (χ4n) is 8.10. The Kier molecular flexibility index (Phi) is 11.9. The monoisotopic (exact) mass is 903 g/mol. The number of carboxylic acids is 1. The lowest BCUT2D eigenvalue weighted by atomic mass is 9.90. The Morgan fingerprint density at radius 3 is 2.20 bits per heavy atom. The summed E-state index contributed by atoms with van der Waals surface area (Å²) < 4.78 is 44.2. The number of carboxylic acid groups (broad SMARTS) is 1. The van der Waals surface area contributed by atoms with Crippen molar-refractivity contribution in [1.29, 1.82) is 0 Å². The summed E-state index contributed by atoms with van der Waals surface area (Å²) in [6.45, 7) is -0.135. The van der Waals surface area contributed by atoms with Gasteiger partial charge in [-0.05, 0) is 83.5 Å². The van der Waals surface area contributed by atoms with E-state index in [1.54, 1.807) is 6.07 Å². The van der Waals surface area contributed by atoms with Gasteiger partial charge in [-0.2, -0.15) is 8.42 Å². The lowest BCUT2D eigenvalue weighted by Crippen LogP contribution is -2.46. The van der Waals surface area contributed by atoms with Crippen LogP contribution in [-0.4, -0.2) is 88.4 Å². The number of amides is 4. The van der Waals surface area contributed by atoms with Crippen molar-refractivity contribution in [2.24, 2.45) is 0 Å². The van der Waals surface area contributed by atoms with Crippen LogP contribution in [0.15, 0.2) is 112 Å². The van der Waals surface area contributed by atoms with Crippen LogP contribution in [0.25, 0.3) is 44.5 Å². The number of rotatable bonds is 14. The molecular formula is C46H37N3O15S. The first-order valence-corrected chi connectivity index (χ1v) is 21.6. The minimum Gasteiger partial charge on any atom is -0.508 e. The lowest BCUT2D eigenvalue weighted by molar-refractivity contribution is -0.199. The smallest absolute Gasteiger partial charge is 0.407 e. The summed E-state index contributed by atoms with van der Waals surface area (Å²) in [6.07, 6.45) is -1.92. The Balaban J connectivity index is 0.944. The van der Waals surface area contributed by atoms with Crippen LogP contribution in [-0.2, 0) is 34.1 Å². The average molecular weight is 904 g/mol. The van der Waals surface area contributed by atoms with Gasteiger partial charge in [0.25, 0.3) is 27.8 Å². The van der Waals surface area contributed by atoms with Gasteiger partial charge in [-0.15, -0.1) is 5.06 Å². The molecule has 2 heterocycles. The maximum absolute atomic E-state index is 13.4. The Bertz CT molecular complexity index is 3050. The Morgan fingerprint density at radius 2 is 1.52 bits per heavy atom. The molecule has 2 aliphatic carbocycles. The third-order valence-corrected chi connectivity index (χ3v) is 12.3. The van der Waals surface area contributed by atoms with E-state index in [2.05, 4.69) is 10.6 Å². The SMILES string of the molecule is O=C(N[C@@H](CCCCNC(=O)c1ccc(-c2c3ccc(=O)cc-3oc3cc(O)ccc23)c(C(=O)O)c1)C(=O)ON1C(=O)CC(S(=O)(=O)O)C1=O)OCC1c2ccccc2-c2ccccc21. The zero-order chi connectivity index (χ0) is 46.2. The van der Waals surface area contributed by atoms with E-state index in [4.69, 9.17) is 14.0 Å². The fraction of sp³-hybridized carbons (Fsp3) is 0.196. The molecule has 4 aromatic carbocycles. The number of fused-ring (bicyclic) bond motifs is 5. The number of unbranched alkanes of at least 4 members (excludes halogenated alkanes) is 1. The number of carbonyl (C=O) groups excluding carboxylic acids is 5. The molecule has 0 spiro atoms. The van der Waals surface area contributed by atoms with Crippen LogP contribution in [0.1, 0.15) is 63.4 Å². The zero-order valence-corrected chi connectivity index (χ0v) is 34.7. The summed E-state index contributed by atoms with van der Waals surface area (Å²) in [5, 5.41) is 23.7. The van der Waals surface area contributed by atoms with E-state index in [0.29, 0.717) is 16.5 Å². The summed E-state index contributed by atoms with van der Waals surface area (Å²) in [7, 11) is -5.02. The largest absolute Gasteiger partial charge is 0.508 e. The highest BCUT2D eigenvalue weighted by Gasteiger charge is 2.49. The van der Waals surface area contributed by atoms with Crippen molar-refractivity contribution < 1.29 is 65.9 Å². The van der Waals surface area contributed by atoms with Gasteiger partial charge in [0, 0.05) is 46.7 Å². The number of benzene rings is 5. The second-order valence-corrected chi connectivity index (χ2v) is 16.9. The fourth-order valence-corrected chi connectivity index (χ4v) is 8.81. The quantitative estimate of drug-likeness (QED) is 0.0404. The number of nitrogens with one attached hydrogen (secondary N) is 2. The predicted molar refractivity (Wildman–Crippen MR) is 229 cm³/mol. The maximum atomic E-state index is 13.4. The zero-order valence-electron chi connectivity index (χ0n) is 33.9. The van der Waals surface area contributed by atoms with Crippen LogP contribution in [0.2, 0.25) is 0 Å². The van der Waals surface area contributed by atoms with Crippen LogP contribution in [0, 0.1) is 0 Å². The number of imide groups is 1. The van der Waals surface area contributed by atoms with Crippen LogP contribution >= 0.6 is 0 Å². The molecule has 5 N–H and O–H groups in total. The van der Waals surface area contributed by atoms with Crippen molar-refractivity contribution in [3.8, 4) is 39.3 Å². The minimum absolute atomic E-state index is 0.00861. The molecule has 332 valence electrons. The molecule has 1 fully saturated rings. The molecular weight excluding hydrogens is 867 g/mol. The van der Waals surface area contributed by atoms with Gasteiger partial charge in [0.05, 0.1) is 12.0 Å². The highest BCUT2D eigenvalue weighted by Crippen LogP contribution is 2.45. The molecule has 65 heavy (non-hydrogen) atoms. The molecule has 4 aliphatic rings. The topological polar surface area (TPSA) is 273 Å². The number of hydrogen-bond acceptors (Lipinski definition) is 13. The van der Waals surface area contributed by atoms with Gasteiger partial charge in [-0.25, -0.2) is 14.4 Å². The number of phenolic OH excluding ortho intramolecular Hbond substituents is 1. The number of hydroxylamine groups is 2. The molecule has 2 atom stereocenters. The van der Waals surface area contributed by atoms with E-state index in [1.807, 2.05) is 48.5 Å². The molecule has 4 aromatic rings. The van der Waals surface area contributed by atoms with Crippen LogP contribution in [0.4, 0.5) is 4.79 Å². The number of carbonyl (C=O) groups is 6. The van der Waals surface area contributed by atoms with E-state index in [-0.39, 0.29) is 82.6 Å². The molecule has 2 aliphatic heterocycles. The third kappa shape index (κ3) is 8.86. The van der Waals surface area contributed by atoms with Crippen molar-refractivity contribution in [3.05, 3.63) is 136 Å². The molecule has 8 rings (SSSR count).